The van der Waals surface area contributed by atoms with Crippen molar-refractivity contribution >= 4 is 18.4 Å². The van der Waals surface area contributed by atoms with Gasteiger partial charge in [-0.1, -0.05) is 0 Å². The maximum absolute atomic E-state index is 12.9. The van der Waals surface area contributed by atoms with Crippen molar-refractivity contribution in [3.63, 3.8) is 0 Å². The van der Waals surface area contributed by atoms with Crippen molar-refractivity contribution < 1.29 is 23.5 Å². The lowest BCUT2D eigenvalue weighted by molar-refractivity contribution is 0.396. The third kappa shape index (κ3) is 3.15. The Kier molecular flexibility index (Phi) is 5.23. The first-order valence-corrected chi connectivity index (χ1v) is 7.81. The summed E-state index contributed by atoms with van der Waals surface area (Å²) < 4.78 is 33.9. The standard InChI is InChI=1S/C16H18O5P/c1-18-11-5-7-15(13(9-11)20-3)22(17)16-8-6-12(19-2)10-14(16)21-4/h5-10H,1-4H3. The summed E-state index contributed by atoms with van der Waals surface area (Å²) in [5, 5.41) is 1.17. The highest BCUT2D eigenvalue weighted by atomic mass is 31.1. The van der Waals surface area contributed by atoms with E-state index >= 15 is 0 Å². The van der Waals surface area contributed by atoms with E-state index in [2.05, 4.69) is 0 Å². The molecule has 2 rings (SSSR count). The molecule has 117 valence electrons. The Morgan fingerprint density at radius 1 is 0.682 bits per heavy atom. The van der Waals surface area contributed by atoms with E-state index in [-0.39, 0.29) is 0 Å². The quantitative estimate of drug-likeness (QED) is 0.765. The average Bonchev–Trinajstić information content (AvgIpc) is 2.59. The molecule has 0 aliphatic rings. The molecular formula is C16H18O5P. The van der Waals surface area contributed by atoms with E-state index in [1.165, 1.54) is 14.2 Å². The molecule has 0 heterocycles. The van der Waals surface area contributed by atoms with Crippen LogP contribution in [0.5, 0.6) is 23.0 Å². The molecule has 0 aliphatic carbocycles. The second-order valence-electron chi connectivity index (χ2n) is 4.37. The fourth-order valence-electron chi connectivity index (χ4n) is 2.04. The highest BCUT2D eigenvalue weighted by molar-refractivity contribution is 7.62. The molecule has 0 amide bonds. The Bertz CT molecular complexity index is 627. The van der Waals surface area contributed by atoms with E-state index in [1.807, 2.05) is 0 Å². The van der Waals surface area contributed by atoms with E-state index in [0.717, 1.165) is 0 Å². The molecule has 0 fully saturated rings. The van der Waals surface area contributed by atoms with Crippen molar-refractivity contribution in [3.8, 4) is 23.0 Å². The van der Waals surface area contributed by atoms with Crippen molar-refractivity contribution in [1.29, 1.82) is 0 Å². The molecule has 1 radical (unpaired) electrons. The molecule has 2 aromatic carbocycles. The van der Waals surface area contributed by atoms with Crippen LogP contribution in [0.3, 0.4) is 0 Å². The molecule has 0 saturated carbocycles. The van der Waals surface area contributed by atoms with Crippen LogP contribution in [-0.4, -0.2) is 28.4 Å². The van der Waals surface area contributed by atoms with Gasteiger partial charge in [0.25, 0.3) is 0 Å². The highest BCUT2D eigenvalue weighted by Crippen LogP contribution is 2.33. The zero-order chi connectivity index (χ0) is 16.1. The molecule has 2 aromatic rings. The Morgan fingerprint density at radius 2 is 1.09 bits per heavy atom. The first kappa shape index (κ1) is 16.1. The topological polar surface area (TPSA) is 54.0 Å². The summed E-state index contributed by atoms with van der Waals surface area (Å²) >= 11 is 0. The second kappa shape index (κ2) is 7.14. The van der Waals surface area contributed by atoms with Crippen LogP contribution < -0.4 is 29.6 Å². The largest absolute Gasteiger partial charge is 0.497 e. The van der Waals surface area contributed by atoms with Crippen LogP contribution in [0.1, 0.15) is 0 Å². The number of hydrogen-bond donors (Lipinski definition) is 0. The van der Waals surface area contributed by atoms with Crippen LogP contribution in [0.2, 0.25) is 0 Å². The molecule has 5 nitrogen and oxygen atoms in total. The van der Waals surface area contributed by atoms with Crippen LogP contribution in [0.25, 0.3) is 0 Å². The van der Waals surface area contributed by atoms with E-state index in [9.17, 15) is 4.57 Å². The molecule has 0 spiro atoms. The van der Waals surface area contributed by atoms with Crippen molar-refractivity contribution in [2.45, 2.75) is 0 Å². The predicted molar refractivity (Wildman–Crippen MR) is 86.0 cm³/mol. The first-order chi connectivity index (χ1) is 10.6. The molecule has 22 heavy (non-hydrogen) atoms. The normalized spacial score (nSPS) is 10.0. The third-order valence-electron chi connectivity index (χ3n) is 3.21. The zero-order valence-electron chi connectivity index (χ0n) is 13.0. The minimum Gasteiger partial charge on any atom is -0.497 e. The molecule has 0 bridgehead atoms. The van der Waals surface area contributed by atoms with Gasteiger partial charge in [-0.3, -0.25) is 4.57 Å². The van der Waals surface area contributed by atoms with Gasteiger partial charge in [-0.2, -0.15) is 0 Å². The molecule has 0 aromatic heterocycles. The third-order valence-corrected chi connectivity index (χ3v) is 4.83. The van der Waals surface area contributed by atoms with E-state index in [4.69, 9.17) is 18.9 Å². The van der Waals surface area contributed by atoms with E-state index < -0.39 is 7.80 Å². The Morgan fingerprint density at radius 3 is 1.41 bits per heavy atom. The Labute approximate surface area is 130 Å². The van der Waals surface area contributed by atoms with E-state index in [0.29, 0.717) is 33.6 Å². The molecule has 0 N–H and O–H groups in total. The van der Waals surface area contributed by atoms with Gasteiger partial charge in [0.2, 0.25) is 0 Å². The van der Waals surface area contributed by atoms with Gasteiger partial charge in [-0.25, -0.2) is 0 Å². The second-order valence-corrected chi connectivity index (χ2v) is 5.92. The fraction of sp³-hybridized carbons (Fsp3) is 0.250. The number of methoxy groups -OCH3 is 4. The molecule has 0 aliphatic heterocycles. The van der Waals surface area contributed by atoms with Gasteiger partial charge in [-0.05, 0) is 24.3 Å². The predicted octanol–water partition coefficient (Wildman–Crippen LogP) is 2.50. The summed E-state index contributed by atoms with van der Waals surface area (Å²) in [5.41, 5.74) is 0. The van der Waals surface area contributed by atoms with Crippen LogP contribution in [0.15, 0.2) is 36.4 Å². The first-order valence-electron chi connectivity index (χ1n) is 6.56. The fourth-order valence-corrected chi connectivity index (χ4v) is 3.43. The summed E-state index contributed by atoms with van der Waals surface area (Å²) in [6, 6.07) is 10.4. The summed E-state index contributed by atoms with van der Waals surface area (Å²) in [6.07, 6.45) is 0. The smallest absolute Gasteiger partial charge is 0.144 e. The number of benzene rings is 2. The maximum atomic E-state index is 12.9. The van der Waals surface area contributed by atoms with Crippen molar-refractivity contribution in [3.05, 3.63) is 36.4 Å². The minimum atomic E-state index is -1.87. The van der Waals surface area contributed by atoms with Crippen LogP contribution >= 0.6 is 7.80 Å². The summed E-state index contributed by atoms with van der Waals surface area (Å²) in [4.78, 5) is 0. The van der Waals surface area contributed by atoms with Gasteiger partial charge in [0.05, 0.1) is 39.0 Å². The van der Waals surface area contributed by atoms with Crippen LogP contribution in [-0.2, 0) is 4.57 Å². The van der Waals surface area contributed by atoms with Gasteiger partial charge < -0.3 is 18.9 Å². The van der Waals surface area contributed by atoms with Gasteiger partial charge >= 0.3 is 0 Å². The summed E-state index contributed by atoms with van der Waals surface area (Å²) in [6.45, 7) is 0. The molecular weight excluding hydrogens is 303 g/mol. The zero-order valence-corrected chi connectivity index (χ0v) is 13.8. The lowest BCUT2D eigenvalue weighted by Gasteiger charge is -2.13. The van der Waals surface area contributed by atoms with Crippen molar-refractivity contribution in [2.24, 2.45) is 0 Å². The molecule has 0 saturated heterocycles. The van der Waals surface area contributed by atoms with Gasteiger partial charge in [0, 0.05) is 12.1 Å². The van der Waals surface area contributed by atoms with Crippen LogP contribution in [0, 0.1) is 0 Å². The monoisotopic (exact) mass is 321 g/mol. The average molecular weight is 321 g/mol. The minimum absolute atomic E-state index is 0.512. The number of ether oxygens (including phenoxy) is 4. The SMILES string of the molecule is COc1ccc([P](=O)c2ccc(OC)cc2OC)c(OC)c1. The van der Waals surface area contributed by atoms with Gasteiger partial charge in [0.15, 0.2) is 0 Å². The summed E-state index contributed by atoms with van der Waals surface area (Å²) in [5.74, 6) is 2.31. The van der Waals surface area contributed by atoms with Gasteiger partial charge in [-0.15, -0.1) is 0 Å². The molecule has 0 atom stereocenters. The Balaban J connectivity index is 2.48. The molecule has 6 heteroatoms. The maximum Gasteiger partial charge on any atom is 0.144 e. The molecule has 0 unspecified atom stereocenters. The van der Waals surface area contributed by atoms with Crippen LogP contribution in [0.4, 0.5) is 0 Å². The lowest BCUT2D eigenvalue weighted by atomic mass is 10.3. The van der Waals surface area contributed by atoms with Crippen molar-refractivity contribution in [1.82, 2.24) is 0 Å². The van der Waals surface area contributed by atoms with Crippen molar-refractivity contribution in [2.75, 3.05) is 28.4 Å². The Hall–Kier alpha value is -2.26. The number of hydrogen-bond acceptors (Lipinski definition) is 5. The lowest BCUT2D eigenvalue weighted by Crippen LogP contribution is -2.12. The highest BCUT2D eigenvalue weighted by Gasteiger charge is 2.19. The van der Waals surface area contributed by atoms with E-state index in [1.54, 1.807) is 50.6 Å². The number of rotatable bonds is 6. The van der Waals surface area contributed by atoms with Gasteiger partial charge in [0.1, 0.15) is 30.8 Å². The summed E-state index contributed by atoms with van der Waals surface area (Å²) in [7, 11) is 4.34.